The number of benzene rings is 1. The van der Waals surface area contributed by atoms with Crippen molar-refractivity contribution in [1.29, 1.82) is 5.26 Å². The Morgan fingerprint density at radius 2 is 2.06 bits per heavy atom. The predicted octanol–water partition coefficient (Wildman–Crippen LogP) is 2.09. The Hall–Kier alpha value is -2.28. The fraction of sp³-hybridized carbons (Fsp3) is 0.167. The average molecular weight is 212 g/mol. The first-order valence-electron chi connectivity index (χ1n) is 5.06. The van der Waals surface area contributed by atoms with Gasteiger partial charge in [0, 0.05) is 11.9 Å². The second kappa shape index (κ2) is 4.99. The van der Waals surface area contributed by atoms with Crippen LogP contribution in [0.5, 0.6) is 0 Å². The van der Waals surface area contributed by atoms with Crippen LogP contribution in [-0.2, 0) is 13.0 Å². The molecule has 2 N–H and O–H groups in total. The molecule has 0 spiro atoms. The zero-order valence-corrected chi connectivity index (χ0v) is 8.77. The van der Waals surface area contributed by atoms with Crippen molar-refractivity contribution in [3.63, 3.8) is 0 Å². The van der Waals surface area contributed by atoms with Crippen LogP contribution < -0.4 is 5.32 Å². The number of anilines is 1. The average Bonchev–Trinajstić information content (AvgIpc) is 2.82. The van der Waals surface area contributed by atoms with Crippen molar-refractivity contribution in [3.05, 3.63) is 47.8 Å². The molecule has 0 amide bonds. The largest absolute Gasteiger partial charge is 0.379 e. The molecule has 1 heterocycles. The van der Waals surface area contributed by atoms with Crippen LogP contribution in [0.25, 0.3) is 0 Å². The highest BCUT2D eigenvalue weighted by molar-refractivity contribution is 5.45. The fourth-order valence-corrected chi connectivity index (χ4v) is 1.41. The molecule has 0 unspecified atom stereocenters. The number of nitrogens with zero attached hydrogens (tertiary/aromatic N) is 2. The number of aromatic amines is 1. The van der Waals surface area contributed by atoms with Gasteiger partial charge in [0.1, 0.15) is 0 Å². The van der Waals surface area contributed by atoms with E-state index in [4.69, 9.17) is 5.26 Å². The van der Waals surface area contributed by atoms with E-state index >= 15 is 0 Å². The maximum atomic E-state index is 8.54. The minimum Gasteiger partial charge on any atom is -0.379 e. The number of H-pyrrole nitrogens is 1. The Balaban J connectivity index is 1.93. The van der Waals surface area contributed by atoms with Crippen molar-refractivity contribution in [2.75, 3.05) is 5.32 Å². The van der Waals surface area contributed by atoms with Gasteiger partial charge in [0.25, 0.3) is 0 Å². The molecule has 0 saturated heterocycles. The molecule has 0 fully saturated rings. The third kappa shape index (κ3) is 2.61. The highest BCUT2D eigenvalue weighted by Crippen LogP contribution is 2.10. The number of hydrogen-bond acceptors (Lipinski definition) is 3. The Bertz CT molecular complexity index is 465. The number of aromatic nitrogens is 2. The summed E-state index contributed by atoms with van der Waals surface area (Å²) in [6, 6.07) is 11.9. The van der Waals surface area contributed by atoms with Crippen LogP contribution in [0.15, 0.2) is 36.5 Å². The van der Waals surface area contributed by atoms with Crippen LogP contribution in [0.4, 0.5) is 5.69 Å². The van der Waals surface area contributed by atoms with Crippen molar-refractivity contribution < 1.29 is 0 Å². The maximum Gasteiger partial charge on any atom is 0.0669 e. The van der Waals surface area contributed by atoms with Crippen molar-refractivity contribution >= 4 is 5.69 Å². The molecule has 80 valence electrons. The summed E-state index contributed by atoms with van der Waals surface area (Å²) in [4.78, 5) is 0. The van der Waals surface area contributed by atoms with Gasteiger partial charge in [0.05, 0.1) is 24.7 Å². The van der Waals surface area contributed by atoms with Crippen LogP contribution in [0.1, 0.15) is 11.3 Å². The quantitative estimate of drug-likeness (QED) is 0.815. The third-order valence-corrected chi connectivity index (χ3v) is 2.28. The highest BCUT2D eigenvalue weighted by Gasteiger charge is 1.95. The van der Waals surface area contributed by atoms with E-state index in [1.807, 2.05) is 30.3 Å². The number of nitrogens with one attached hydrogen (secondary N) is 2. The SMILES string of the molecule is N#CCc1ccc(NCc2ccn[nH]2)cc1. The van der Waals surface area contributed by atoms with E-state index in [2.05, 4.69) is 21.6 Å². The van der Waals surface area contributed by atoms with Crippen LogP contribution in [0.2, 0.25) is 0 Å². The lowest BCUT2D eigenvalue weighted by Gasteiger charge is -2.04. The molecule has 1 aromatic heterocycles. The first-order chi connectivity index (χ1) is 7.88. The maximum absolute atomic E-state index is 8.54. The van der Waals surface area contributed by atoms with Gasteiger partial charge in [-0.2, -0.15) is 10.4 Å². The van der Waals surface area contributed by atoms with Gasteiger partial charge in [-0.15, -0.1) is 0 Å². The Kier molecular flexibility index (Phi) is 3.19. The van der Waals surface area contributed by atoms with E-state index in [9.17, 15) is 0 Å². The number of hydrogen-bond donors (Lipinski definition) is 2. The van der Waals surface area contributed by atoms with E-state index in [0.717, 1.165) is 23.5 Å². The lowest BCUT2D eigenvalue weighted by atomic mass is 10.1. The molecule has 0 radical (unpaired) electrons. The Labute approximate surface area is 93.9 Å². The predicted molar refractivity (Wildman–Crippen MR) is 61.7 cm³/mol. The standard InChI is InChI=1S/C12H12N4/c13-7-5-10-1-3-11(4-2-10)14-9-12-6-8-15-16-12/h1-4,6,8,14H,5,9H2,(H,15,16). The molecule has 0 saturated carbocycles. The lowest BCUT2D eigenvalue weighted by molar-refractivity contribution is 0.981. The first kappa shape index (κ1) is 10.2. The van der Waals surface area contributed by atoms with E-state index in [1.54, 1.807) is 6.20 Å². The summed E-state index contributed by atoms with van der Waals surface area (Å²) in [5.41, 5.74) is 3.12. The molecule has 2 rings (SSSR count). The monoisotopic (exact) mass is 212 g/mol. The van der Waals surface area contributed by atoms with E-state index in [-0.39, 0.29) is 0 Å². The Morgan fingerprint density at radius 1 is 1.25 bits per heavy atom. The zero-order chi connectivity index (χ0) is 11.2. The minimum absolute atomic E-state index is 0.459. The van der Waals surface area contributed by atoms with E-state index < -0.39 is 0 Å². The topological polar surface area (TPSA) is 64.5 Å². The molecule has 0 bridgehead atoms. The second-order valence-electron chi connectivity index (χ2n) is 3.47. The molecule has 0 aliphatic carbocycles. The van der Waals surface area contributed by atoms with Gasteiger partial charge in [-0.05, 0) is 23.8 Å². The van der Waals surface area contributed by atoms with Crippen molar-refractivity contribution in [2.45, 2.75) is 13.0 Å². The van der Waals surface area contributed by atoms with Gasteiger partial charge in [0.2, 0.25) is 0 Å². The smallest absolute Gasteiger partial charge is 0.0669 e. The summed E-state index contributed by atoms with van der Waals surface area (Å²) in [6.45, 7) is 0.720. The molecule has 1 aromatic carbocycles. The summed E-state index contributed by atoms with van der Waals surface area (Å²) >= 11 is 0. The second-order valence-corrected chi connectivity index (χ2v) is 3.47. The van der Waals surface area contributed by atoms with Crippen LogP contribution in [0, 0.1) is 11.3 Å². The van der Waals surface area contributed by atoms with E-state index in [0.29, 0.717) is 6.42 Å². The van der Waals surface area contributed by atoms with Crippen molar-refractivity contribution in [2.24, 2.45) is 0 Å². The third-order valence-electron chi connectivity index (χ3n) is 2.28. The summed E-state index contributed by atoms with van der Waals surface area (Å²) in [6.07, 6.45) is 2.19. The van der Waals surface area contributed by atoms with Gasteiger partial charge < -0.3 is 5.32 Å². The molecular formula is C12H12N4. The molecule has 0 atom stereocenters. The van der Waals surface area contributed by atoms with Crippen LogP contribution in [0.3, 0.4) is 0 Å². The molecule has 0 aliphatic heterocycles. The van der Waals surface area contributed by atoms with Gasteiger partial charge >= 0.3 is 0 Å². The van der Waals surface area contributed by atoms with Crippen LogP contribution in [-0.4, -0.2) is 10.2 Å². The number of rotatable bonds is 4. The summed E-state index contributed by atoms with van der Waals surface area (Å²) in [5, 5.41) is 18.6. The summed E-state index contributed by atoms with van der Waals surface area (Å²) < 4.78 is 0. The lowest BCUT2D eigenvalue weighted by Crippen LogP contribution is -1.99. The minimum atomic E-state index is 0.459. The molecule has 0 aliphatic rings. The summed E-state index contributed by atoms with van der Waals surface area (Å²) in [7, 11) is 0. The molecule has 4 nitrogen and oxygen atoms in total. The molecule has 4 heteroatoms. The van der Waals surface area contributed by atoms with Gasteiger partial charge in [-0.25, -0.2) is 0 Å². The van der Waals surface area contributed by atoms with Gasteiger partial charge in [-0.3, -0.25) is 5.10 Å². The first-order valence-corrected chi connectivity index (χ1v) is 5.06. The zero-order valence-electron chi connectivity index (χ0n) is 8.77. The highest BCUT2D eigenvalue weighted by atomic mass is 15.1. The van der Waals surface area contributed by atoms with Gasteiger partial charge in [-0.1, -0.05) is 12.1 Å². The van der Waals surface area contributed by atoms with E-state index in [1.165, 1.54) is 0 Å². The summed E-state index contributed by atoms with van der Waals surface area (Å²) in [5.74, 6) is 0. The Morgan fingerprint density at radius 3 is 2.69 bits per heavy atom. The molecule has 16 heavy (non-hydrogen) atoms. The molecular weight excluding hydrogens is 200 g/mol. The fourth-order valence-electron chi connectivity index (χ4n) is 1.41. The van der Waals surface area contributed by atoms with Crippen LogP contribution >= 0.6 is 0 Å². The number of nitriles is 1. The molecule has 2 aromatic rings. The van der Waals surface area contributed by atoms with Crippen molar-refractivity contribution in [1.82, 2.24) is 10.2 Å². The normalized spacial score (nSPS) is 9.69. The van der Waals surface area contributed by atoms with Gasteiger partial charge in [0.15, 0.2) is 0 Å². The van der Waals surface area contributed by atoms with Crippen molar-refractivity contribution in [3.8, 4) is 6.07 Å².